The second kappa shape index (κ2) is 10.7. The molecule has 164 valence electrons. The molecule has 0 saturated carbocycles. The van der Waals surface area contributed by atoms with Crippen LogP contribution in [0.1, 0.15) is 59.9 Å². The van der Waals surface area contributed by atoms with Crippen molar-refractivity contribution in [1.29, 1.82) is 0 Å². The Labute approximate surface area is 173 Å². The number of nitrogens with one attached hydrogen (secondary N) is 2. The summed E-state index contributed by atoms with van der Waals surface area (Å²) >= 11 is 0. The number of ether oxygens (including phenoxy) is 1. The van der Waals surface area contributed by atoms with Crippen molar-refractivity contribution in [1.82, 2.24) is 10.6 Å². The van der Waals surface area contributed by atoms with Gasteiger partial charge in [0.05, 0.1) is 5.60 Å². The molecule has 6 nitrogen and oxygen atoms in total. The molecule has 0 aliphatic rings. The molecule has 7 heteroatoms. The zero-order chi connectivity index (χ0) is 22.2. The topological polar surface area (TPSA) is 87.7 Å². The van der Waals surface area contributed by atoms with Gasteiger partial charge in [0.25, 0.3) is 0 Å². The molecule has 2 unspecified atom stereocenters. The molecule has 0 saturated heterocycles. The lowest BCUT2D eigenvalue weighted by atomic mass is 9.82. The number of benzene rings is 1. The van der Waals surface area contributed by atoms with Crippen LogP contribution < -0.4 is 10.6 Å². The van der Waals surface area contributed by atoms with Crippen molar-refractivity contribution < 1.29 is 23.8 Å². The minimum Gasteiger partial charge on any atom is -0.383 e. The molecule has 0 bridgehead atoms. The largest absolute Gasteiger partial charge is 0.383 e. The molecule has 1 aromatic carbocycles. The van der Waals surface area contributed by atoms with E-state index in [2.05, 4.69) is 10.6 Å². The number of hydrogen-bond acceptors (Lipinski definition) is 4. The van der Waals surface area contributed by atoms with Gasteiger partial charge in [-0.25, -0.2) is 4.39 Å². The first-order valence-corrected chi connectivity index (χ1v) is 10.0. The summed E-state index contributed by atoms with van der Waals surface area (Å²) in [4.78, 5) is 24.7. The van der Waals surface area contributed by atoms with Gasteiger partial charge in [0.2, 0.25) is 11.8 Å². The molecule has 0 spiro atoms. The van der Waals surface area contributed by atoms with E-state index < -0.39 is 29.5 Å². The second-order valence-corrected chi connectivity index (χ2v) is 8.86. The van der Waals surface area contributed by atoms with Crippen LogP contribution in [0.2, 0.25) is 0 Å². The molecule has 0 fully saturated rings. The monoisotopic (exact) mass is 410 g/mol. The summed E-state index contributed by atoms with van der Waals surface area (Å²) in [6.07, 6.45) is -1.16. The van der Waals surface area contributed by atoms with E-state index >= 15 is 0 Å². The highest BCUT2D eigenvalue weighted by atomic mass is 19.1. The molecule has 1 aromatic rings. The first-order chi connectivity index (χ1) is 13.4. The van der Waals surface area contributed by atoms with Crippen LogP contribution in [-0.4, -0.2) is 41.3 Å². The van der Waals surface area contributed by atoms with Crippen LogP contribution in [0.15, 0.2) is 24.3 Å². The van der Waals surface area contributed by atoms with Crippen LogP contribution in [-0.2, 0) is 20.9 Å². The summed E-state index contributed by atoms with van der Waals surface area (Å²) in [7, 11) is 0. The van der Waals surface area contributed by atoms with Gasteiger partial charge in [-0.15, -0.1) is 0 Å². The predicted octanol–water partition coefficient (Wildman–Crippen LogP) is 2.93. The molecule has 0 aliphatic heterocycles. The third kappa shape index (κ3) is 8.50. The SMILES string of the molecule is CCC(C)(C)C(OC(C)(C)C)C(=O)NCCC(O)C(=O)NCc1ccccc1F. The van der Waals surface area contributed by atoms with Crippen molar-refractivity contribution in [2.45, 2.75) is 78.7 Å². The Hall–Kier alpha value is -1.99. The van der Waals surface area contributed by atoms with Crippen molar-refractivity contribution in [2.24, 2.45) is 5.41 Å². The molecule has 3 N–H and O–H groups in total. The average molecular weight is 411 g/mol. The van der Waals surface area contributed by atoms with Crippen LogP contribution in [0.4, 0.5) is 4.39 Å². The molecule has 2 atom stereocenters. The second-order valence-electron chi connectivity index (χ2n) is 8.86. The van der Waals surface area contributed by atoms with E-state index in [9.17, 15) is 19.1 Å². The smallest absolute Gasteiger partial charge is 0.249 e. The number of aliphatic hydroxyl groups excluding tert-OH is 1. The average Bonchev–Trinajstić information content (AvgIpc) is 2.64. The van der Waals surface area contributed by atoms with E-state index in [-0.39, 0.29) is 30.8 Å². The maximum Gasteiger partial charge on any atom is 0.249 e. The fourth-order valence-electron chi connectivity index (χ4n) is 2.60. The highest BCUT2D eigenvalue weighted by molar-refractivity contribution is 5.82. The van der Waals surface area contributed by atoms with Gasteiger partial charge in [-0.05, 0) is 45.1 Å². The van der Waals surface area contributed by atoms with E-state index in [1.807, 2.05) is 41.5 Å². The third-order valence-electron chi connectivity index (χ3n) is 4.76. The quantitative estimate of drug-likeness (QED) is 0.553. The van der Waals surface area contributed by atoms with E-state index in [4.69, 9.17) is 4.74 Å². The molecule has 0 heterocycles. The lowest BCUT2D eigenvalue weighted by Gasteiger charge is -2.37. The number of hydrogen-bond donors (Lipinski definition) is 3. The summed E-state index contributed by atoms with van der Waals surface area (Å²) in [6, 6.07) is 6.10. The van der Waals surface area contributed by atoms with E-state index in [0.717, 1.165) is 6.42 Å². The molecule has 2 amide bonds. The van der Waals surface area contributed by atoms with Crippen molar-refractivity contribution in [3.63, 3.8) is 0 Å². The van der Waals surface area contributed by atoms with E-state index in [0.29, 0.717) is 5.56 Å². The summed E-state index contributed by atoms with van der Waals surface area (Å²) < 4.78 is 19.5. The number of carbonyl (C=O) groups excluding carboxylic acids is 2. The summed E-state index contributed by atoms with van der Waals surface area (Å²) in [5.74, 6) is -1.30. The van der Waals surface area contributed by atoms with Crippen LogP contribution in [0.3, 0.4) is 0 Å². The minimum absolute atomic E-state index is 0.0128. The van der Waals surface area contributed by atoms with Gasteiger partial charge in [-0.1, -0.05) is 39.0 Å². The van der Waals surface area contributed by atoms with E-state index in [1.165, 1.54) is 6.07 Å². The Kier molecular flexibility index (Phi) is 9.23. The van der Waals surface area contributed by atoms with Gasteiger partial charge in [-0.2, -0.15) is 0 Å². The number of amides is 2. The minimum atomic E-state index is -1.30. The fourth-order valence-corrected chi connectivity index (χ4v) is 2.60. The predicted molar refractivity (Wildman–Crippen MR) is 111 cm³/mol. The van der Waals surface area contributed by atoms with Crippen LogP contribution in [0.5, 0.6) is 0 Å². The van der Waals surface area contributed by atoms with Gasteiger partial charge in [0.1, 0.15) is 18.0 Å². The van der Waals surface area contributed by atoms with Gasteiger partial charge in [0, 0.05) is 18.7 Å². The number of rotatable bonds is 10. The lowest BCUT2D eigenvalue weighted by Crippen LogP contribution is -2.49. The standard InChI is InChI=1S/C22H35FN2O4/c1-7-22(5,6)18(29-21(2,3)4)20(28)24-13-12-17(26)19(27)25-14-15-10-8-9-11-16(15)23/h8-11,17-18,26H,7,12-14H2,1-6H3,(H,24,28)(H,25,27). The van der Waals surface area contributed by atoms with Gasteiger partial charge in [0.15, 0.2) is 0 Å². The molecule has 0 aromatic heterocycles. The first kappa shape index (κ1) is 25.0. The summed E-state index contributed by atoms with van der Waals surface area (Å²) in [5, 5.41) is 15.3. The van der Waals surface area contributed by atoms with Crippen LogP contribution in [0.25, 0.3) is 0 Å². The molecule has 0 radical (unpaired) electrons. The molecular weight excluding hydrogens is 375 g/mol. The Morgan fingerprint density at radius 2 is 1.72 bits per heavy atom. The number of halogens is 1. The molecular formula is C22H35FN2O4. The molecule has 1 rings (SSSR count). The van der Waals surface area contributed by atoms with Crippen molar-refractivity contribution in [3.8, 4) is 0 Å². The highest BCUT2D eigenvalue weighted by Gasteiger charge is 2.37. The van der Waals surface area contributed by atoms with Crippen LogP contribution in [0, 0.1) is 11.2 Å². The molecule has 29 heavy (non-hydrogen) atoms. The van der Waals surface area contributed by atoms with Crippen molar-refractivity contribution >= 4 is 11.8 Å². The zero-order valence-corrected chi connectivity index (χ0v) is 18.3. The first-order valence-electron chi connectivity index (χ1n) is 10.0. The third-order valence-corrected chi connectivity index (χ3v) is 4.76. The molecule has 0 aliphatic carbocycles. The Balaban J connectivity index is 2.53. The van der Waals surface area contributed by atoms with Crippen molar-refractivity contribution in [2.75, 3.05) is 6.54 Å². The Morgan fingerprint density at radius 1 is 1.10 bits per heavy atom. The Bertz CT molecular complexity index is 686. The highest BCUT2D eigenvalue weighted by Crippen LogP contribution is 2.30. The van der Waals surface area contributed by atoms with Gasteiger partial charge >= 0.3 is 0 Å². The zero-order valence-electron chi connectivity index (χ0n) is 18.3. The number of aliphatic hydroxyl groups is 1. The normalized spacial score (nSPS) is 14.2. The maximum atomic E-state index is 13.6. The van der Waals surface area contributed by atoms with Crippen LogP contribution >= 0.6 is 0 Å². The fraction of sp³-hybridized carbons (Fsp3) is 0.636. The van der Waals surface area contributed by atoms with Crippen molar-refractivity contribution in [3.05, 3.63) is 35.6 Å². The summed E-state index contributed by atoms with van der Waals surface area (Å²) in [5.41, 5.74) is -0.515. The van der Waals surface area contributed by atoms with Gasteiger partial charge in [-0.3, -0.25) is 9.59 Å². The van der Waals surface area contributed by atoms with Gasteiger partial charge < -0.3 is 20.5 Å². The lowest BCUT2D eigenvalue weighted by molar-refractivity contribution is -0.157. The summed E-state index contributed by atoms with van der Waals surface area (Å²) in [6.45, 7) is 11.7. The van der Waals surface area contributed by atoms with E-state index in [1.54, 1.807) is 18.2 Å². The number of carbonyl (C=O) groups is 2. The maximum absolute atomic E-state index is 13.6. The Morgan fingerprint density at radius 3 is 2.28 bits per heavy atom.